The molecular weight excluding hydrogens is 221 g/mol. The van der Waals surface area contributed by atoms with Crippen LogP contribution in [0.4, 0.5) is 9.18 Å². The van der Waals surface area contributed by atoms with E-state index < -0.39 is 6.09 Å². The molecule has 0 atom stereocenters. The van der Waals surface area contributed by atoms with E-state index in [0.29, 0.717) is 23.6 Å². The molecule has 0 bridgehead atoms. The predicted molar refractivity (Wildman–Crippen MR) is 53.5 cm³/mol. The molecular formula is C10H9ClFNO2. The van der Waals surface area contributed by atoms with Gasteiger partial charge in [0.15, 0.2) is 0 Å². The fraction of sp³-hybridized carbons (Fsp3) is 0.300. The van der Waals surface area contributed by atoms with Crippen LogP contribution >= 0.6 is 11.6 Å². The molecule has 2 rings (SSSR count). The molecule has 0 saturated heterocycles. The Morgan fingerprint density at radius 1 is 1.47 bits per heavy atom. The minimum Gasteiger partial charge on any atom is -0.465 e. The molecule has 3 nitrogen and oxygen atoms in total. The van der Waals surface area contributed by atoms with Crippen molar-refractivity contribution in [1.82, 2.24) is 4.90 Å². The van der Waals surface area contributed by atoms with Crippen molar-refractivity contribution < 1.29 is 14.3 Å². The van der Waals surface area contributed by atoms with E-state index in [1.807, 2.05) is 0 Å². The fourth-order valence-corrected chi connectivity index (χ4v) is 2.03. The average Bonchev–Trinajstić information content (AvgIpc) is 2.23. The lowest BCUT2D eigenvalue weighted by molar-refractivity contribution is 0.139. The van der Waals surface area contributed by atoms with Crippen LogP contribution in [0.15, 0.2) is 12.1 Å². The molecule has 15 heavy (non-hydrogen) atoms. The normalized spacial score (nSPS) is 14.9. The first-order chi connectivity index (χ1) is 7.09. The van der Waals surface area contributed by atoms with Gasteiger partial charge in [-0.15, -0.1) is 0 Å². The van der Waals surface area contributed by atoms with Crippen molar-refractivity contribution >= 4 is 17.7 Å². The van der Waals surface area contributed by atoms with Gasteiger partial charge in [0, 0.05) is 17.1 Å². The Balaban J connectivity index is 2.41. The second-order valence-electron chi connectivity index (χ2n) is 3.44. The van der Waals surface area contributed by atoms with Crippen LogP contribution in [0.3, 0.4) is 0 Å². The molecule has 0 aromatic heterocycles. The number of benzene rings is 1. The third-order valence-electron chi connectivity index (χ3n) is 2.57. The van der Waals surface area contributed by atoms with Crippen LogP contribution in [0, 0.1) is 5.82 Å². The first kappa shape index (κ1) is 10.2. The zero-order valence-electron chi connectivity index (χ0n) is 7.83. The van der Waals surface area contributed by atoms with Gasteiger partial charge in [-0.2, -0.15) is 0 Å². The van der Waals surface area contributed by atoms with Crippen molar-refractivity contribution in [1.29, 1.82) is 0 Å². The van der Waals surface area contributed by atoms with Crippen molar-refractivity contribution in [2.24, 2.45) is 0 Å². The Bertz CT molecular complexity index is 422. The number of rotatable bonds is 0. The van der Waals surface area contributed by atoms with E-state index >= 15 is 0 Å². The molecule has 1 aromatic carbocycles. The van der Waals surface area contributed by atoms with Crippen LogP contribution in [0.2, 0.25) is 5.02 Å². The Kier molecular flexibility index (Phi) is 2.52. The highest BCUT2D eigenvalue weighted by Crippen LogP contribution is 2.28. The van der Waals surface area contributed by atoms with E-state index in [9.17, 15) is 9.18 Å². The summed E-state index contributed by atoms with van der Waals surface area (Å²) in [6.07, 6.45) is -0.557. The van der Waals surface area contributed by atoms with Gasteiger partial charge in [-0.1, -0.05) is 11.6 Å². The number of carbonyl (C=O) groups is 1. The van der Waals surface area contributed by atoms with Gasteiger partial charge in [0.05, 0.1) is 6.54 Å². The number of carboxylic acid groups (broad SMARTS) is 1. The molecule has 1 aliphatic heterocycles. The summed E-state index contributed by atoms with van der Waals surface area (Å²) in [7, 11) is 0. The molecule has 1 amide bonds. The summed E-state index contributed by atoms with van der Waals surface area (Å²) in [4.78, 5) is 11.9. The molecule has 0 unspecified atom stereocenters. The van der Waals surface area contributed by atoms with E-state index in [4.69, 9.17) is 16.7 Å². The van der Waals surface area contributed by atoms with E-state index in [1.54, 1.807) is 0 Å². The highest BCUT2D eigenvalue weighted by Gasteiger charge is 2.24. The van der Waals surface area contributed by atoms with E-state index in [0.717, 1.165) is 5.56 Å². The molecule has 0 aliphatic carbocycles. The van der Waals surface area contributed by atoms with Gasteiger partial charge >= 0.3 is 6.09 Å². The highest BCUT2D eigenvalue weighted by atomic mass is 35.5. The molecule has 1 heterocycles. The number of fused-ring (bicyclic) bond motifs is 1. The minimum absolute atomic E-state index is 0.0804. The maximum atomic E-state index is 13.4. The number of amides is 1. The third-order valence-corrected chi connectivity index (χ3v) is 2.92. The van der Waals surface area contributed by atoms with Crippen molar-refractivity contribution in [3.8, 4) is 0 Å². The number of halogens is 2. The Hall–Kier alpha value is -1.29. The van der Waals surface area contributed by atoms with Crippen LogP contribution in [0.1, 0.15) is 11.1 Å². The van der Waals surface area contributed by atoms with Crippen molar-refractivity contribution in [3.05, 3.63) is 34.1 Å². The Morgan fingerprint density at radius 2 is 2.20 bits per heavy atom. The van der Waals surface area contributed by atoms with Gasteiger partial charge in [0.1, 0.15) is 5.82 Å². The van der Waals surface area contributed by atoms with Crippen molar-refractivity contribution in [2.75, 3.05) is 6.54 Å². The first-order valence-electron chi connectivity index (χ1n) is 4.53. The second kappa shape index (κ2) is 3.70. The molecule has 1 aromatic rings. The highest BCUT2D eigenvalue weighted by molar-refractivity contribution is 6.31. The van der Waals surface area contributed by atoms with Crippen molar-refractivity contribution in [3.63, 3.8) is 0 Å². The summed E-state index contributed by atoms with van der Waals surface area (Å²) in [5.41, 5.74) is 1.13. The number of nitrogens with zero attached hydrogens (tertiary/aromatic N) is 1. The van der Waals surface area contributed by atoms with E-state index in [1.165, 1.54) is 17.0 Å². The zero-order chi connectivity index (χ0) is 11.0. The standard InChI is InChI=1S/C10H9ClFNO2/c11-8-1-2-9(12)7-5-13(10(14)15)4-3-6(7)8/h1-2H,3-5H2,(H,14,15). The van der Waals surface area contributed by atoms with Gasteiger partial charge in [-0.05, 0) is 24.1 Å². The zero-order valence-corrected chi connectivity index (χ0v) is 8.59. The molecule has 0 radical (unpaired) electrons. The molecule has 0 saturated carbocycles. The average molecular weight is 230 g/mol. The van der Waals surface area contributed by atoms with Crippen LogP contribution in [0.5, 0.6) is 0 Å². The lowest BCUT2D eigenvalue weighted by Gasteiger charge is -2.27. The maximum absolute atomic E-state index is 13.4. The number of hydrogen-bond donors (Lipinski definition) is 1. The summed E-state index contributed by atoms with van der Waals surface area (Å²) >= 11 is 5.91. The lowest BCUT2D eigenvalue weighted by Crippen LogP contribution is -2.35. The smallest absolute Gasteiger partial charge is 0.407 e. The van der Waals surface area contributed by atoms with Crippen LogP contribution in [-0.2, 0) is 13.0 Å². The first-order valence-corrected chi connectivity index (χ1v) is 4.91. The largest absolute Gasteiger partial charge is 0.465 e. The third kappa shape index (κ3) is 1.77. The SMILES string of the molecule is O=C(O)N1CCc2c(Cl)ccc(F)c2C1. The topological polar surface area (TPSA) is 40.5 Å². The summed E-state index contributed by atoms with van der Waals surface area (Å²) in [6.45, 7) is 0.447. The van der Waals surface area contributed by atoms with Gasteiger partial charge in [-0.25, -0.2) is 9.18 Å². The van der Waals surface area contributed by atoms with Crippen LogP contribution in [-0.4, -0.2) is 22.6 Å². The van der Waals surface area contributed by atoms with Crippen molar-refractivity contribution in [2.45, 2.75) is 13.0 Å². The number of hydrogen-bond acceptors (Lipinski definition) is 1. The maximum Gasteiger partial charge on any atom is 0.407 e. The second-order valence-corrected chi connectivity index (χ2v) is 3.85. The van der Waals surface area contributed by atoms with Gasteiger partial charge in [0.25, 0.3) is 0 Å². The summed E-state index contributed by atoms with van der Waals surface area (Å²) in [5.74, 6) is -0.389. The van der Waals surface area contributed by atoms with E-state index in [-0.39, 0.29) is 12.4 Å². The molecule has 5 heteroatoms. The summed E-state index contributed by atoms with van der Waals surface area (Å²) < 4.78 is 13.4. The quantitative estimate of drug-likeness (QED) is 0.743. The molecule has 1 N–H and O–H groups in total. The van der Waals surface area contributed by atoms with Gasteiger partial charge in [0.2, 0.25) is 0 Å². The van der Waals surface area contributed by atoms with Gasteiger partial charge < -0.3 is 10.0 Å². The summed E-state index contributed by atoms with van der Waals surface area (Å²) in [5, 5.41) is 9.31. The summed E-state index contributed by atoms with van der Waals surface area (Å²) in [6, 6.07) is 2.78. The Morgan fingerprint density at radius 3 is 2.87 bits per heavy atom. The predicted octanol–water partition coefficient (Wildman–Crippen LogP) is 2.52. The fourth-order valence-electron chi connectivity index (χ4n) is 1.76. The lowest BCUT2D eigenvalue weighted by atomic mass is 9.99. The van der Waals surface area contributed by atoms with Crippen LogP contribution < -0.4 is 0 Å². The van der Waals surface area contributed by atoms with Gasteiger partial charge in [-0.3, -0.25) is 0 Å². The molecule has 0 spiro atoms. The van der Waals surface area contributed by atoms with E-state index in [2.05, 4.69) is 0 Å². The monoisotopic (exact) mass is 229 g/mol. The minimum atomic E-state index is -1.03. The Labute approximate surface area is 91.1 Å². The molecule has 0 fully saturated rings. The van der Waals surface area contributed by atoms with Crippen LogP contribution in [0.25, 0.3) is 0 Å². The molecule has 80 valence electrons. The molecule has 1 aliphatic rings.